The number of carbonyl (C=O) groups is 1. The second-order valence-corrected chi connectivity index (χ2v) is 14.0. The van der Waals surface area contributed by atoms with E-state index >= 15 is 0 Å². The van der Waals surface area contributed by atoms with Crippen LogP contribution in [-0.4, -0.2) is 27.0 Å². The van der Waals surface area contributed by atoms with Gasteiger partial charge in [0, 0.05) is 6.92 Å². The molecule has 0 fully saturated rings. The van der Waals surface area contributed by atoms with Gasteiger partial charge in [0.1, 0.15) is 6.61 Å². The Balaban J connectivity index is 5.18. The predicted octanol–water partition coefficient (Wildman–Crippen LogP) is 6.51. The van der Waals surface area contributed by atoms with Crippen molar-refractivity contribution in [2.45, 2.75) is 92.0 Å². The zero-order valence-corrected chi connectivity index (χ0v) is 19.6. The smallest absolute Gasteiger partial charge is 0.302 e. The molecule has 0 aromatic carbocycles. The first-order valence-electron chi connectivity index (χ1n) is 9.96. The van der Waals surface area contributed by atoms with Gasteiger partial charge in [-0.05, 0) is 48.4 Å². The molecule has 0 N–H and O–H groups in total. The lowest BCUT2D eigenvalue weighted by molar-refractivity contribution is -0.140. The summed E-state index contributed by atoms with van der Waals surface area (Å²) in [5, 5.41) is 0.169. The summed E-state index contributed by atoms with van der Waals surface area (Å²) < 4.78 is 11.8. The Morgan fingerprint density at radius 3 is 2.23 bits per heavy atom. The molecule has 0 unspecified atom stereocenters. The van der Waals surface area contributed by atoms with E-state index in [1.165, 1.54) is 19.8 Å². The predicted molar refractivity (Wildman–Crippen MR) is 115 cm³/mol. The highest BCUT2D eigenvalue weighted by atomic mass is 28.4. The Hall–Kier alpha value is -0.873. The van der Waals surface area contributed by atoms with E-state index in [1.807, 2.05) is 0 Å². The van der Waals surface area contributed by atoms with E-state index in [-0.39, 0.29) is 23.0 Å². The largest absolute Gasteiger partial charge is 0.461 e. The average Bonchev–Trinajstić information content (AvgIpc) is 2.48. The van der Waals surface area contributed by atoms with E-state index in [0.29, 0.717) is 12.5 Å². The van der Waals surface area contributed by atoms with Crippen molar-refractivity contribution in [3.8, 4) is 0 Å². The van der Waals surface area contributed by atoms with Crippen LogP contribution in [0.5, 0.6) is 0 Å². The van der Waals surface area contributed by atoms with Crippen molar-refractivity contribution in [2.75, 3.05) is 6.61 Å². The first kappa shape index (κ1) is 25.1. The minimum absolute atomic E-state index is 0.0595. The molecule has 0 aromatic rings. The third kappa shape index (κ3) is 9.72. The molecule has 152 valence electrons. The number of esters is 1. The zero-order valence-electron chi connectivity index (χ0n) is 18.6. The van der Waals surface area contributed by atoms with Gasteiger partial charge in [0.2, 0.25) is 0 Å². The van der Waals surface area contributed by atoms with Crippen molar-refractivity contribution in [1.29, 1.82) is 0 Å². The van der Waals surface area contributed by atoms with E-state index in [0.717, 1.165) is 12.0 Å². The highest BCUT2D eigenvalue weighted by Gasteiger charge is 2.39. The van der Waals surface area contributed by atoms with Crippen LogP contribution >= 0.6 is 0 Å². The van der Waals surface area contributed by atoms with Gasteiger partial charge in [-0.1, -0.05) is 66.7 Å². The fourth-order valence-corrected chi connectivity index (χ4v) is 3.89. The summed E-state index contributed by atoms with van der Waals surface area (Å²) in [7, 11) is -1.87. The lowest BCUT2D eigenvalue weighted by atomic mass is 9.95. The molecule has 0 aliphatic carbocycles. The van der Waals surface area contributed by atoms with Gasteiger partial charge in [-0.25, -0.2) is 0 Å². The van der Waals surface area contributed by atoms with Crippen LogP contribution in [-0.2, 0) is 14.0 Å². The van der Waals surface area contributed by atoms with Crippen LogP contribution in [0.25, 0.3) is 0 Å². The molecule has 0 saturated carbocycles. The highest BCUT2D eigenvalue weighted by Crippen LogP contribution is 2.38. The fraction of sp³-hybridized carbons (Fsp3) is 0.773. The molecule has 0 rings (SSSR count). The first-order valence-corrected chi connectivity index (χ1v) is 12.9. The summed E-state index contributed by atoms with van der Waals surface area (Å²) in [4.78, 5) is 11.0. The SMILES string of the molecule is C=C(COC(C)=O)C[C@H](C)[C@H](/C=C\[C@@H](C)CCC)O[Si](C)(C)C(C)(C)C. The zero-order chi connectivity index (χ0) is 20.5. The van der Waals surface area contributed by atoms with Crippen LogP contribution in [0.3, 0.4) is 0 Å². The maximum Gasteiger partial charge on any atom is 0.302 e. The molecular weight excluding hydrogens is 340 g/mol. The van der Waals surface area contributed by atoms with Crippen molar-refractivity contribution in [2.24, 2.45) is 11.8 Å². The van der Waals surface area contributed by atoms with Gasteiger partial charge in [0.25, 0.3) is 0 Å². The summed E-state index contributed by atoms with van der Waals surface area (Å²) in [6.07, 6.45) is 7.78. The molecule has 0 bridgehead atoms. The second-order valence-electron chi connectivity index (χ2n) is 9.21. The summed E-state index contributed by atoms with van der Waals surface area (Å²) in [5.74, 6) is 0.584. The van der Waals surface area contributed by atoms with Gasteiger partial charge in [0.15, 0.2) is 8.32 Å². The van der Waals surface area contributed by atoms with Crippen LogP contribution in [0, 0.1) is 11.8 Å². The quantitative estimate of drug-likeness (QED) is 0.232. The average molecular weight is 383 g/mol. The standard InChI is InChI=1S/C22H42O3Si/c1-11-12-17(2)13-14-21(25-26(9,10)22(6,7)8)19(4)15-18(3)16-24-20(5)23/h13-14,17,19,21H,3,11-12,15-16H2,1-2,4-10H3/b14-13-/t17-,19-,21-/m0/s1. The molecular formula is C22H42O3Si. The van der Waals surface area contributed by atoms with Crippen LogP contribution < -0.4 is 0 Å². The summed E-state index contributed by atoms with van der Waals surface area (Å²) in [6, 6.07) is 0. The second kappa shape index (κ2) is 11.1. The minimum Gasteiger partial charge on any atom is -0.461 e. The number of carbonyl (C=O) groups excluding carboxylic acids is 1. The maximum absolute atomic E-state index is 11.0. The molecule has 3 atom stereocenters. The third-order valence-corrected chi connectivity index (χ3v) is 9.74. The van der Waals surface area contributed by atoms with Crippen molar-refractivity contribution >= 4 is 14.3 Å². The van der Waals surface area contributed by atoms with E-state index in [1.54, 1.807) is 0 Å². The Kier molecular flexibility index (Phi) is 10.7. The van der Waals surface area contributed by atoms with Gasteiger partial charge in [-0.2, -0.15) is 0 Å². The first-order chi connectivity index (χ1) is 11.8. The molecule has 0 heterocycles. The van der Waals surface area contributed by atoms with Gasteiger partial charge < -0.3 is 9.16 Å². The van der Waals surface area contributed by atoms with Crippen molar-refractivity contribution in [3.05, 3.63) is 24.3 Å². The van der Waals surface area contributed by atoms with E-state index < -0.39 is 8.32 Å². The van der Waals surface area contributed by atoms with Crippen LogP contribution in [0.4, 0.5) is 0 Å². The monoisotopic (exact) mass is 382 g/mol. The van der Waals surface area contributed by atoms with Crippen molar-refractivity contribution < 1.29 is 14.0 Å². The molecule has 0 saturated heterocycles. The Morgan fingerprint density at radius 2 is 1.77 bits per heavy atom. The van der Waals surface area contributed by atoms with E-state index in [4.69, 9.17) is 9.16 Å². The van der Waals surface area contributed by atoms with Crippen LogP contribution in [0.2, 0.25) is 18.1 Å². The Morgan fingerprint density at radius 1 is 1.19 bits per heavy atom. The summed E-state index contributed by atoms with van der Waals surface area (Å²) in [6.45, 7) is 23.9. The number of hydrogen-bond donors (Lipinski definition) is 0. The molecule has 3 nitrogen and oxygen atoms in total. The van der Waals surface area contributed by atoms with Gasteiger partial charge in [0.05, 0.1) is 6.10 Å². The maximum atomic E-state index is 11.0. The number of allylic oxidation sites excluding steroid dienone is 1. The Labute approximate surface area is 163 Å². The summed E-state index contributed by atoms with van der Waals surface area (Å²) >= 11 is 0. The van der Waals surface area contributed by atoms with Gasteiger partial charge in [-0.3, -0.25) is 4.79 Å². The molecule has 0 aliphatic heterocycles. The van der Waals surface area contributed by atoms with E-state index in [2.05, 4.69) is 73.4 Å². The lowest BCUT2D eigenvalue weighted by Gasteiger charge is -2.40. The third-order valence-electron chi connectivity index (χ3n) is 5.26. The van der Waals surface area contributed by atoms with Crippen LogP contribution in [0.15, 0.2) is 24.3 Å². The molecule has 4 heteroatoms. The summed E-state index contributed by atoms with van der Waals surface area (Å²) in [5.41, 5.74) is 0.937. The number of rotatable bonds is 11. The van der Waals surface area contributed by atoms with Crippen molar-refractivity contribution in [3.63, 3.8) is 0 Å². The number of hydrogen-bond acceptors (Lipinski definition) is 3. The minimum atomic E-state index is -1.87. The highest BCUT2D eigenvalue weighted by molar-refractivity contribution is 6.74. The van der Waals surface area contributed by atoms with Gasteiger partial charge >= 0.3 is 5.97 Å². The van der Waals surface area contributed by atoms with Crippen LogP contribution in [0.1, 0.15) is 67.7 Å². The van der Waals surface area contributed by atoms with Gasteiger partial charge in [-0.15, -0.1) is 0 Å². The molecule has 0 spiro atoms. The molecule has 0 aliphatic rings. The lowest BCUT2D eigenvalue weighted by Crippen LogP contribution is -2.45. The van der Waals surface area contributed by atoms with E-state index in [9.17, 15) is 4.79 Å². The topological polar surface area (TPSA) is 35.5 Å². The molecule has 26 heavy (non-hydrogen) atoms. The molecule has 0 aromatic heterocycles. The normalized spacial score (nSPS) is 16.3. The molecule has 0 amide bonds. The number of ether oxygens (including phenoxy) is 1. The fourth-order valence-electron chi connectivity index (χ4n) is 2.55. The Bertz CT molecular complexity index is 474. The molecule has 0 radical (unpaired) electrons. The van der Waals surface area contributed by atoms with Crippen molar-refractivity contribution in [1.82, 2.24) is 0 Å².